The molecule has 1 saturated carbocycles. The van der Waals surface area contributed by atoms with Gasteiger partial charge in [-0.2, -0.15) is 0 Å². The van der Waals surface area contributed by atoms with Crippen molar-refractivity contribution in [2.45, 2.75) is 43.5 Å². The van der Waals surface area contributed by atoms with Crippen LogP contribution in [0.1, 0.15) is 12.8 Å². The van der Waals surface area contributed by atoms with Gasteiger partial charge in [0.05, 0.1) is 31.8 Å². The van der Waals surface area contributed by atoms with Crippen molar-refractivity contribution in [3.8, 4) is 0 Å². The zero-order chi connectivity index (χ0) is 23.4. The number of fused-ring (bicyclic) bond motifs is 1. The number of ether oxygens (including phenoxy) is 5. The third-order valence-electron chi connectivity index (χ3n) is 5.95. The van der Waals surface area contributed by atoms with Gasteiger partial charge in [0.2, 0.25) is 0 Å². The molecule has 0 aromatic carbocycles. The fraction of sp³-hybridized carbons (Fsp3) is 0.700. The maximum atomic E-state index is 12.6. The van der Waals surface area contributed by atoms with E-state index in [-0.39, 0.29) is 24.5 Å². The van der Waals surface area contributed by atoms with Crippen molar-refractivity contribution in [2.24, 2.45) is 17.8 Å². The third-order valence-corrected chi connectivity index (χ3v) is 5.95. The first-order chi connectivity index (χ1) is 15.3. The van der Waals surface area contributed by atoms with Crippen LogP contribution in [0, 0.1) is 17.8 Å². The van der Waals surface area contributed by atoms with Crippen molar-refractivity contribution in [1.29, 1.82) is 0 Å². The molecular formula is C20H26O12. The van der Waals surface area contributed by atoms with Crippen LogP contribution in [0.3, 0.4) is 0 Å². The Hall–Kier alpha value is -2.31. The Morgan fingerprint density at radius 1 is 1.16 bits per heavy atom. The summed E-state index contributed by atoms with van der Waals surface area (Å²) < 4.78 is 25.6. The number of aliphatic hydroxyl groups is 4. The minimum atomic E-state index is -1.58. The largest absolute Gasteiger partial charge is 0.466 e. The Bertz CT molecular complexity index is 785. The average molecular weight is 458 g/mol. The number of allylic oxidation sites excluding steroid dienone is 1. The molecule has 8 unspecified atom stereocenters. The van der Waals surface area contributed by atoms with Gasteiger partial charge in [-0.25, -0.2) is 9.59 Å². The molecule has 4 N–H and O–H groups in total. The summed E-state index contributed by atoms with van der Waals surface area (Å²) in [6.07, 6.45) is -5.17. The van der Waals surface area contributed by atoms with Gasteiger partial charge < -0.3 is 44.1 Å². The Kier molecular flexibility index (Phi) is 8.01. The molecule has 0 amide bonds. The standard InChI is InChI=1S/C20H26O12/c1-28-18(26)11-8-31-12(6-21)14-9(11)2-3-10(14)19(27)29-4-5-30-20-17(25)16(24)15(23)13(7-22)32-20/h8-10,13-17,20,22-25H,2-5,7H2,1H3. The van der Waals surface area contributed by atoms with Crippen molar-refractivity contribution in [2.75, 3.05) is 26.9 Å². The van der Waals surface area contributed by atoms with E-state index in [0.29, 0.717) is 12.8 Å². The van der Waals surface area contributed by atoms with Gasteiger partial charge in [0, 0.05) is 11.8 Å². The van der Waals surface area contributed by atoms with Crippen molar-refractivity contribution in [3.05, 3.63) is 17.6 Å². The van der Waals surface area contributed by atoms with E-state index in [4.69, 9.17) is 23.7 Å². The quantitative estimate of drug-likeness (QED) is 0.184. The zero-order valence-corrected chi connectivity index (χ0v) is 17.3. The summed E-state index contributed by atoms with van der Waals surface area (Å²) >= 11 is 0. The summed E-state index contributed by atoms with van der Waals surface area (Å²) in [6, 6.07) is 0. The predicted molar refractivity (Wildman–Crippen MR) is 101 cm³/mol. The SMILES string of the molecule is COC(=O)C1=COC(=C=O)C2C(C(=O)OCCOC3OC(CO)C(O)C(O)C3O)CCC12. The molecule has 178 valence electrons. The lowest BCUT2D eigenvalue weighted by molar-refractivity contribution is -0.302. The van der Waals surface area contributed by atoms with Crippen molar-refractivity contribution < 1.29 is 58.5 Å². The molecule has 1 saturated heterocycles. The van der Waals surface area contributed by atoms with Gasteiger partial charge in [0.25, 0.3) is 0 Å². The van der Waals surface area contributed by atoms with Crippen LogP contribution in [0.5, 0.6) is 0 Å². The minimum Gasteiger partial charge on any atom is -0.466 e. The van der Waals surface area contributed by atoms with E-state index in [1.807, 2.05) is 0 Å². The molecule has 0 bridgehead atoms. The number of carbonyl (C=O) groups is 2. The van der Waals surface area contributed by atoms with Crippen LogP contribution in [0.4, 0.5) is 0 Å². The number of esters is 2. The summed E-state index contributed by atoms with van der Waals surface area (Å²) in [5.74, 6) is -1.52. The summed E-state index contributed by atoms with van der Waals surface area (Å²) in [6.45, 7) is -1.04. The van der Waals surface area contributed by atoms with Gasteiger partial charge in [0.1, 0.15) is 37.3 Å². The highest BCUT2D eigenvalue weighted by Crippen LogP contribution is 2.48. The van der Waals surface area contributed by atoms with Gasteiger partial charge in [-0.3, -0.25) is 4.79 Å². The zero-order valence-electron chi connectivity index (χ0n) is 17.3. The molecule has 3 rings (SSSR count). The molecule has 32 heavy (non-hydrogen) atoms. The van der Waals surface area contributed by atoms with E-state index in [1.165, 1.54) is 7.11 Å². The average Bonchev–Trinajstić information content (AvgIpc) is 3.25. The molecule has 0 aromatic rings. The molecule has 2 aliphatic heterocycles. The van der Waals surface area contributed by atoms with E-state index in [2.05, 4.69) is 0 Å². The van der Waals surface area contributed by atoms with Crippen LogP contribution in [-0.4, -0.2) is 95.9 Å². The first-order valence-electron chi connectivity index (χ1n) is 10.1. The molecule has 1 aliphatic carbocycles. The summed E-state index contributed by atoms with van der Waals surface area (Å²) in [5.41, 5.74) is 0.234. The second-order valence-corrected chi connectivity index (χ2v) is 7.70. The first-order valence-corrected chi connectivity index (χ1v) is 10.1. The van der Waals surface area contributed by atoms with Crippen LogP contribution in [0.15, 0.2) is 17.6 Å². The van der Waals surface area contributed by atoms with Gasteiger partial charge in [-0.05, 0) is 12.8 Å². The highest BCUT2D eigenvalue weighted by atomic mass is 16.7. The molecule has 8 atom stereocenters. The Labute approximate surface area is 183 Å². The van der Waals surface area contributed by atoms with Crippen LogP contribution < -0.4 is 0 Å². The normalized spacial score (nSPS) is 36.4. The summed E-state index contributed by atoms with van der Waals surface area (Å²) in [4.78, 5) is 35.9. The molecule has 2 fully saturated rings. The third kappa shape index (κ3) is 4.71. The lowest BCUT2D eigenvalue weighted by Gasteiger charge is -2.39. The second-order valence-electron chi connectivity index (χ2n) is 7.70. The van der Waals surface area contributed by atoms with Gasteiger partial charge in [-0.15, -0.1) is 0 Å². The maximum Gasteiger partial charge on any atom is 0.337 e. The Morgan fingerprint density at radius 3 is 2.56 bits per heavy atom. The van der Waals surface area contributed by atoms with E-state index in [9.17, 15) is 34.8 Å². The molecule has 12 heteroatoms. The topological polar surface area (TPSA) is 178 Å². The van der Waals surface area contributed by atoms with E-state index >= 15 is 0 Å². The van der Waals surface area contributed by atoms with Crippen LogP contribution >= 0.6 is 0 Å². The highest BCUT2D eigenvalue weighted by Gasteiger charge is 2.50. The lowest BCUT2D eigenvalue weighted by Crippen LogP contribution is -2.59. The predicted octanol–water partition coefficient (Wildman–Crippen LogP) is -2.21. The van der Waals surface area contributed by atoms with Gasteiger partial charge in [0.15, 0.2) is 18.0 Å². The monoisotopic (exact) mass is 458 g/mol. The minimum absolute atomic E-state index is 0.0836. The van der Waals surface area contributed by atoms with E-state index in [0.717, 1.165) is 6.26 Å². The maximum absolute atomic E-state index is 12.6. The fourth-order valence-corrected chi connectivity index (χ4v) is 4.30. The van der Waals surface area contributed by atoms with Gasteiger partial charge in [-0.1, -0.05) is 0 Å². The highest BCUT2D eigenvalue weighted by molar-refractivity contribution is 5.90. The molecular weight excluding hydrogens is 432 g/mol. The van der Waals surface area contributed by atoms with Crippen LogP contribution in [0.2, 0.25) is 0 Å². The Balaban J connectivity index is 1.54. The molecule has 2 heterocycles. The smallest absolute Gasteiger partial charge is 0.337 e. The Morgan fingerprint density at radius 2 is 1.91 bits per heavy atom. The molecule has 0 aromatic heterocycles. The molecule has 12 nitrogen and oxygen atoms in total. The van der Waals surface area contributed by atoms with Crippen molar-refractivity contribution in [3.63, 3.8) is 0 Å². The fourth-order valence-electron chi connectivity index (χ4n) is 4.30. The van der Waals surface area contributed by atoms with Gasteiger partial charge >= 0.3 is 11.9 Å². The van der Waals surface area contributed by atoms with E-state index < -0.39 is 67.0 Å². The van der Waals surface area contributed by atoms with Crippen molar-refractivity contribution in [1.82, 2.24) is 0 Å². The van der Waals surface area contributed by atoms with Crippen molar-refractivity contribution >= 4 is 17.9 Å². The number of methoxy groups -OCH3 is 1. The number of hydrogen-bond donors (Lipinski definition) is 4. The number of aliphatic hydroxyl groups excluding tert-OH is 4. The summed E-state index contributed by atoms with van der Waals surface area (Å²) in [7, 11) is 1.22. The van der Waals surface area contributed by atoms with Crippen LogP contribution in [0.25, 0.3) is 0 Å². The second kappa shape index (κ2) is 10.5. The lowest BCUT2D eigenvalue weighted by atomic mass is 9.82. The summed E-state index contributed by atoms with van der Waals surface area (Å²) in [5, 5.41) is 38.6. The molecule has 3 aliphatic rings. The van der Waals surface area contributed by atoms with Crippen LogP contribution in [-0.2, 0) is 38.1 Å². The molecule has 0 spiro atoms. The number of hydrogen-bond acceptors (Lipinski definition) is 12. The van der Waals surface area contributed by atoms with E-state index in [1.54, 1.807) is 5.94 Å². The number of rotatable bonds is 7. The first kappa shape index (κ1) is 24.3. The number of carbonyl (C=O) groups excluding carboxylic acids is 3. The molecule has 0 radical (unpaired) electrons.